The molecule has 0 bridgehead atoms. The van der Waals surface area contributed by atoms with Crippen molar-refractivity contribution >= 4 is 5.97 Å². The average molecular weight is 316 g/mol. The molecule has 3 aliphatic carbocycles. The average Bonchev–Trinajstić information content (AvgIpc) is 2.67. The highest BCUT2D eigenvalue weighted by molar-refractivity contribution is 5.93. The summed E-state index contributed by atoms with van der Waals surface area (Å²) in [5, 5.41) is 11.0. The molecule has 2 fully saturated rings. The van der Waals surface area contributed by atoms with Crippen LogP contribution >= 0.6 is 0 Å². The zero-order chi connectivity index (χ0) is 16.6. The van der Waals surface area contributed by atoms with Crippen molar-refractivity contribution < 1.29 is 14.6 Å². The van der Waals surface area contributed by atoms with Gasteiger partial charge in [-0.1, -0.05) is 38.8 Å². The molecule has 0 unspecified atom stereocenters. The quantitative estimate of drug-likeness (QED) is 0.684. The molecule has 0 spiro atoms. The molecular formula is C20H28O3. The molecule has 0 aromatic rings. The predicted molar refractivity (Wildman–Crippen MR) is 88.4 cm³/mol. The van der Waals surface area contributed by atoms with Crippen molar-refractivity contribution in [1.82, 2.24) is 0 Å². The molecule has 1 aliphatic heterocycles. The maximum atomic E-state index is 11.9. The van der Waals surface area contributed by atoms with E-state index in [-0.39, 0.29) is 11.4 Å². The van der Waals surface area contributed by atoms with Gasteiger partial charge in [-0.3, -0.25) is 0 Å². The fraction of sp³-hybridized carbons (Fsp3) is 0.750. The summed E-state index contributed by atoms with van der Waals surface area (Å²) in [7, 11) is 0. The van der Waals surface area contributed by atoms with Crippen LogP contribution in [-0.2, 0) is 9.53 Å². The van der Waals surface area contributed by atoms with Crippen LogP contribution in [0.15, 0.2) is 22.8 Å². The second-order valence-electron chi connectivity index (χ2n) is 9.13. The Morgan fingerprint density at radius 1 is 1.26 bits per heavy atom. The Morgan fingerprint density at radius 2 is 2.00 bits per heavy atom. The normalized spacial score (nSPS) is 44.9. The predicted octanol–water partition coefficient (Wildman–Crippen LogP) is 4.12. The molecule has 2 saturated carbocycles. The lowest BCUT2D eigenvalue weighted by atomic mass is 9.46. The smallest absolute Gasteiger partial charge is 0.337 e. The number of allylic oxidation sites excluding steroid dienone is 1. The van der Waals surface area contributed by atoms with Gasteiger partial charge in [-0.2, -0.15) is 0 Å². The molecule has 4 aliphatic rings. The van der Waals surface area contributed by atoms with Crippen LogP contribution in [0, 0.1) is 22.7 Å². The highest BCUT2D eigenvalue weighted by Crippen LogP contribution is 2.64. The van der Waals surface area contributed by atoms with Gasteiger partial charge < -0.3 is 9.84 Å². The van der Waals surface area contributed by atoms with Crippen LogP contribution in [0.5, 0.6) is 0 Å². The lowest BCUT2D eigenvalue weighted by Gasteiger charge is -2.59. The number of carbonyl (C=O) groups excluding carboxylic acids is 1. The van der Waals surface area contributed by atoms with Crippen LogP contribution in [0.4, 0.5) is 0 Å². The standard InChI is InChI=1S/C20H28O3/c1-12-14-10-13-6-7-16-18(2,3)8-5-9-19(16,4)15(13)11-20(14,22)23-17(12)21/h10,15-16,22H,5-9,11H2,1-4H3/t15-,16-,19+,20+/m1/s1. The minimum atomic E-state index is -1.39. The number of carbonyl (C=O) groups is 1. The fourth-order valence-corrected chi connectivity index (χ4v) is 6.27. The van der Waals surface area contributed by atoms with E-state index in [0.29, 0.717) is 34.8 Å². The summed E-state index contributed by atoms with van der Waals surface area (Å²) in [5.41, 5.74) is 3.29. The minimum absolute atomic E-state index is 0.204. The number of fused-ring (bicyclic) bond motifs is 4. The van der Waals surface area contributed by atoms with Crippen LogP contribution in [0.1, 0.15) is 66.2 Å². The third-order valence-electron chi connectivity index (χ3n) is 7.44. The Bertz CT molecular complexity index is 641. The summed E-state index contributed by atoms with van der Waals surface area (Å²) in [4.78, 5) is 11.9. The Labute approximate surface area is 138 Å². The van der Waals surface area contributed by atoms with Gasteiger partial charge in [-0.25, -0.2) is 4.79 Å². The van der Waals surface area contributed by atoms with Gasteiger partial charge >= 0.3 is 5.97 Å². The van der Waals surface area contributed by atoms with E-state index in [1.165, 1.54) is 31.3 Å². The molecular weight excluding hydrogens is 288 g/mol. The first-order chi connectivity index (χ1) is 10.7. The molecule has 0 saturated heterocycles. The molecule has 0 aromatic carbocycles. The lowest BCUT2D eigenvalue weighted by molar-refractivity contribution is -0.194. The van der Waals surface area contributed by atoms with Crippen molar-refractivity contribution in [3.05, 3.63) is 22.8 Å². The number of hydrogen-bond acceptors (Lipinski definition) is 3. The summed E-state index contributed by atoms with van der Waals surface area (Å²) in [6.45, 7) is 9.00. The number of rotatable bonds is 0. The number of aliphatic hydroxyl groups is 1. The SMILES string of the molecule is CC1=C2C=C3CC[C@@H]4C(C)(C)CCC[C@@]4(C)[C@@H]3C[C@]2(O)OC1=O. The molecule has 3 nitrogen and oxygen atoms in total. The van der Waals surface area contributed by atoms with E-state index < -0.39 is 5.79 Å². The van der Waals surface area contributed by atoms with Gasteiger partial charge in [0.2, 0.25) is 5.79 Å². The highest BCUT2D eigenvalue weighted by Gasteiger charge is 2.58. The van der Waals surface area contributed by atoms with Gasteiger partial charge in [0.1, 0.15) is 0 Å². The van der Waals surface area contributed by atoms with E-state index >= 15 is 0 Å². The van der Waals surface area contributed by atoms with Crippen molar-refractivity contribution in [2.75, 3.05) is 0 Å². The summed E-state index contributed by atoms with van der Waals surface area (Å²) < 4.78 is 5.39. The molecule has 4 atom stereocenters. The summed E-state index contributed by atoms with van der Waals surface area (Å²) in [6.07, 6.45) is 8.72. The molecule has 0 amide bonds. The first kappa shape index (κ1) is 15.4. The third-order valence-corrected chi connectivity index (χ3v) is 7.44. The molecule has 1 N–H and O–H groups in total. The van der Waals surface area contributed by atoms with Crippen molar-refractivity contribution in [2.45, 2.75) is 72.0 Å². The van der Waals surface area contributed by atoms with Crippen molar-refractivity contribution in [3.63, 3.8) is 0 Å². The number of hydrogen-bond donors (Lipinski definition) is 1. The van der Waals surface area contributed by atoms with Crippen LogP contribution in [-0.4, -0.2) is 16.9 Å². The van der Waals surface area contributed by atoms with Gasteiger partial charge in [-0.15, -0.1) is 0 Å². The van der Waals surface area contributed by atoms with Gasteiger partial charge in [-0.05, 0) is 55.3 Å². The highest BCUT2D eigenvalue weighted by atomic mass is 16.7. The van der Waals surface area contributed by atoms with Crippen LogP contribution in [0.2, 0.25) is 0 Å². The van der Waals surface area contributed by atoms with Gasteiger partial charge in [0.05, 0.1) is 0 Å². The van der Waals surface area contributed by atoms with E-state index in [2.05, 4.69) is 26.8 Å². The Kier molecular flexibility index (Phi) is 3.02. The summed E-state index contributed by atoms with van der Waals surface area (Å²) in [5.74, 6) is -0.739. The Hall–Kier alpha value is -1.09. The molecule has 0 aromatic heterocycles. The molecule has 4 rings (SSSR count). The van der Waals surface area contributed by atoms with Crippen molar-refractivity contribution in [2.24, 2.45) is 22.7 Å². The van der Waals surface area contributed by atoms with E-state index in [0.717, 1.165) is 6.42 Å². The third kappa shape index (κ3) is 1.95. The second-order valence-corrected chi connectivity index (χ2v) is 9.13. The molecule has 0 radical (unpaired) electrons. The van der Waals surface area contributed by atoms with Crippen LogP contribution in [0.25, 0.3) is 0 Å². The molecule has 23 heavy (non-hydrogen) atoms. The lowest BCUT2D eigenvalue weighted by Crippen LogP contribution is -2.53. The maximum absolute atomic E-state index is 11.9. The molecule has 1 heterocycles. The fourth-order valence-electron chi connectivity index (χ4n) is 6.27. The van der Waals surface area contributed by atoms with Crippen molar-refractivity contribution in [3.8, 4) is 0 Å². The minimum Gasteiger partial charge on any atom is -0.425 e. The van der Waals surface area contributed by atoms with E-state index in [1.54, 1.807) is 6.92 Å². The van der Waals surface area contributed by atoms with Crippen LogP contribution in [0.3, 0.4) is 0 Å². The Morgan fingerprint density at radius 3 is 2.74 bits per heavy atom. The zero-order valence-electron chi connectivity index (χ0n) is 14.7. The summed E-state index contributed by atoms with van der Waals surface area (Å²) >= 11 is 0. The second kappa shape index (κ2) is 4.50. The summed E-state index contributed by atoms with van der Waals surface area (Å²) in [6, 6.07) is 0. The zero-order valence-corrected chi connectivity index (χ0v) is 14.7. The first-order valence-electron chi connectivity index (χ1n) is 9.05. The van der Waals surface area contributed by atoms with Gasteiger partial charge in [0.15, 0.2) is 0 Å². The maximum Gasteiger partial charge on any atom is 0.337 e. The van der Waals surface area contributed by atoms with E-state index in [1.807, 2.05) is 0 Å². The largest absolute Gasteiger partial charge is 0.425 e. The van der Waals surface area contributed by atoms with E-state index in [9.17, 15) is 9.90 Å². The van der Waals surface area contributed by atoms with Crippen LogP contribution < -0.4 is 0 Å². The van der Waals surface area contributed by atoms with Gasteiger partial charge in [0.25, 0.3) is 0 Å². The topological polar surface area (TPSA) is 46.5 Å². The van der Waals surface area contributed by atoms with E-state index in [4.69, 9.17) is 4.74 Å². The van der Waals surface area contributed by atoms with Gasteiger partial charge in [0, 0.05) is 17.6 Å². The first-order valence-corrected chi connectivity index (χ1v) is 9.05. The Balaban J connectivity index is 1.78. The monoisotopic (exact) mass is 316 g/mol. The molecule has 126 valence electrons. The van der Waals surface area contributed by atoms with Crippen molar-refractivity contribution in [1.29, 1.82) is 0 Å². The number of esters is 1. The number of ether oxygens (including phenoxy) is 1. The molecule has 3 heteroatoms.